The van der Waals surface area contributed by atoms with Gasteiger partial charge < -0.3 is 19.9 Å². The second-order valence-electron chi connectivity index (χ2n) is 27.5. The van der Waals surface area contributed by atoms with Gasteiger partial charge in [0.05, 0.1) is 168 Å². The van der Waals surface area contributed by atoms with E-state index in [-0.39, 0.29) is 355 Å². The van der Waals surface area contributed by atoms with Crippen molar-refractivity contribution in [1.82, 2.24) is 39.9 Å². The number of hydrogen-bond donors (Lipinski definition) is 2. The van der Waals surface area contributed by atoms with Gasteiger partial charge in [-0.3, -0.25) is 0 Å². The van der Waals surface area contributed by atoms with Crippen molar-refractivity contribution >= 4 is 475 Å². The summed E-state index contributed by atoms with van der Waals surface area (Å²) < 4.78 is 0. The van der Waals surface area contributed by atoms with Crippen molar-refractivity contribution in [3.05, 3.63) is 312 Å². The normalized spacial score (nSPS) is 12.7. The first-order chi connectivity index (χ1) is 62.3. The zero-order chi connectivity index (χ0) is 94.3. The van der Waals surface area contributed by atoms with Crippen LogP contribution in [0, 0.1) is 0 Å². The Labute approximate surface area is 918 Å². The summed E-state index contributed by atoms with van der Waals surface area (Å²) in [6.45, 7) is 0. The Bertz CT molecular complexity index is 6390. The summed E-state index contributed by atoms with van der Waals surface area (Å²) in [5, 5.41) is 1.28. The summed E-state index contributed by atoms with van der Waals surface area (Å²) >= 11 is 228. The van der Waals surface area contributed by atoms with Gasteiger partial charge in [-0.15, -0.1) is 22.1 Å². The van der Waals surface area contributed by atoms with Crippen LogP contribution in [0.5, 0.6) is 0 Å². The standard InChI is InChI=1S/C44H14Cl16N4.C44H12Cl16N4.2ClH.Ru/c2*45-13-5-1-6-14(46)21(13)25-37-29(53)31(55)39(61-37)26(22-15(47)7-2-8-16(22)48)41-33(57)35(59)43(63-41)28(24-19(51)11-4-12-20(24)52)44-36(60)34(58)42(64-44)27(23-17(49)9-3-10-18(23)50)40-32(56)30(54)38(25)62-40;;;/h1-12,61,64H;1-12H;2*1H;/q;-2;;;+4/p-2. The van der Waals surface area contributed by atoms with Crippen LogP contribution in [0.1, 0.15) is 45.6 Å². The van der Waals surface area contributed by atoms with E-state index in [2.05, 4.69) is 9.97 Å². The van der Waals surface area contributed by atoms with Gasteiger partial charge in [-0.05, 0) is 119 Å². The van der Waals surface area contributed by atoms with Crippen LogP contribution in [0.3, 0.4) is 0 Å². The first-order valence-corrected chi connectivity index (χ1v) is 52.5. The minimum absolute atomic E-state index is 0.0109. The molecule has 8 nitrogen and oxygen atoms in total. The first-order valence-electron chi connectivity index (χ1n) is 36.0. The molecule has 0 radical (unpaired) electrons. The molecule has 4 aliphatic rings. The zero-order valence-electron chi connectivity index (χ0n) is 62.7. The number of aromatic amines is 2. The van der Waals surface area contributed by atoms with Gasteiger partial charge in [-0.25, -0.2) is 19.9 Å². The SMILES string of the molecule is ClC1=C(Cl)c2nc1c(-c1c(Cl)cccc1Cl)c1[n-]c(c(Cl)c1Cl)c(-c1c(Cl)cccc1Cl)c1nc(c(-c3c(Cl)cccc3Cl)c3[n-]c(c(Cl)c3Cl)c2-c2c(Cl)cccc2Cl)C(Cl)=C1Cl.ClC1=C(Cl)c2nc1c(-c1c(Cl)cccc1Cl)c1[nH]c(c(Cl)c1Cl)c(-c1c(Cl)cccc1Cl)c1nc(c(-c3c(Cl)cccc3Cl)c3[nH]c(c(Cl)c3Cl)c2-c2c(Cl)cccc2Cl)C(Cl)=C1Cl.[Cl][Ru+2][Cl]. The molecule has 0 aliphatic carbocycles. The molecule has 131 heavy (non-hydrogen) atoms. The van der Waals surface area contributed by atoms with Crippen LogP contribution in [-0.4, -0.2) is 29.9 Å². The number of halogens is 34. The van der Waals surface area contributed by atoms with Crippen molar-refractivity contribution in [3.8, 4) is 89.0 Å². The summed E-state index contributed by atoms with van der Waals surface area (Å²) in [5.41, 5.74) is 3.33. The van der Waals surface area contributed by atoms with E-state index in [0.717, 1.165) is 0 Å². The minimum atomic E-state index is -0.346. The van der Waals surface area contributed by atoms with Crippen LogP contribution < -0.4 is 9.97 Å². The van der Waals surface area contributed by atoms with Crippen LogP contribution in [0.15, 0.2) is 146 Å². The van der Waals surface area contributed by atoms with E-state index in [1.165, 1.54) is 0 Å². The summed E-state index contributed by atoms with van der Waals surface area (Å²) in [6, 6.07) is 39.0. The van der Waals surface area contributed by atoms with Gasteiger partial charge in [-0.1, -0.05) is 420 Å². The predicted molar refractivity (Wildman–Crippen MR) is 569 cm³/mol. The van der Waals surface area contributed by atoms with Crippen molar-refractivity contribution in [1.29, 1.82) is 0 Å². The molecule has 0 unspecified atom stereocenters. The molecule has 18 rings (SSSR count). The number of nitrogens with zero attached hydrogens (tertiary/aromatic N) is 6. The first kappa shape index (κ1) is 101. The summed E-state index contributed by atoms with van der Waals surface area (Å²) in [4.78, 5) is 37.2. The number of aromatic nitrogens is 8. The van der Waals surface area contributed by atoms with Crippen LogP contribution in [0.25, 0.3) is 173 Å². The fraction of sp³-hybridized carbons (Fsp3) is 0. The molecule has 0 spiro atoms. The van der Waals surface area contributed by atoms with Gasteiger partial charge in [0.25, 0.3) is 0 Å². The van der Waals surface area contributed by atoms with Gasteiger partial charge >= 0.3 is 34.5 Å². The Morgan fingerprint density at radius 3 is 0.412 bits per heavy atom. The summed E-state index contributed by atoms with van der Waals surface area (Å²) in [5.74, 6) is 0. The molecule has 0 atom stereocenters. The molecule has 6 aromatic heterocycles. The van der Waals surface area contributed by atoms with Gasteiger partial charge in [0.15, 0.2) is 0 Å². The third kappa shape index (κ3) is 18.0. The Balaban J connectivity index is 0.000000186. The number of nitrogens with one attached hydrogen (secondary N) is 2. The molecule has 0 amide bonds. The van der Waals surface area contributed by atoms with Crippen LogP contribution >= 0.6 is 391 Å². The third-order valence-corrected chi connectivity index (χ3v) is 32.0. The van der Waals surface area contributed by atoms with Crippen LogP contribution in [-0.2, 0) is 15.1 Å². The Kier molecular flexibility index (Phi) is 31.9. The van der Waals surface area contributed by atoms with Crippen molar-refractivity contribution in [3.63, 3.8) is 0 Å². The molecule has 43 heteroatoms. The van der Waals surface area contributed by atoms with Crippen LogP contribution in [0.4, 0.5) is 0 Å². The molecule has 664 valence electrons. The van der Waals surface area contributed by atoms with E-state index in [9.17, 15) is 0 Å². The molecule has 0 fully saturated rings. The Morgan fingerprint density at radius 2 is 0.282 bits per heavy atom. The monoisotopic (exact) mass is 2490 g/mol. The molecule has 14 aromatic rings. The Hall–Kier alpha value is -2.56. The molecule has 2 N–H and O–H groups in total. The zero-order valence-corrected chi connectivity index (χ0v) is 90.2. The molecule has 10 heterocycles. The number of fused-ring (bicyclic) bond motifs is 16. The fourth-order valence-corrected chi connectivity index (χ4v) is 23.2. The fourth-order valence-electron chi connectivity index (χ4n) is 14.8. The average molecular weight is 2500 g/mol. The van der Waals surface area contributed by atoms with Crippen LogP contribution in [0.2, 0.25) is 121 Å². The van der Waals surface area contributed by atoms with Gasteiger partial charge in [0.2, 0.25) is 0 Å². The van der Waals surface area contributed by atoms with Crippen molar-refractivity contribution in [2.24, 2.45) is 0 Å². The second kappa shape index (κ2) is 41.2. The van der Waals surface area contributed by atoms with E-state index in [1.807, 2.05) is 0 Å². The van der Waals surface area contributed by atoms with E-state index < -0.39 is 0 Å². The number of H-pyrrole nitrogens is 2. The van der Waals surface area contributed by atoms with Gasteiger partial charge in [-0.2, -0.15) is 0 Å². The van der Waals surface area contributed by atoms with E-state index >= 15 is 0 Å². The number of hydrogen-bond acceptors (Lipinski definition) is 4. The summed E-state index contributed by atoms with van der Waals surface area (Å²) in [7, 11) is 9.71. The van der Waals surface area contributed by atoms with Gasteiger partial charge in [0, 0.05) is 127 Å². The molecular weight excluding hydrogens is 2480 g/mol. The number of benzene rings is 8. The van der Waals surface area contributed by atoms with Crippen molar-refractivity contribution in [2.45, 2.75) is 0 Å². The van der Waals surface area contributed by atoms with Crippen molar-refractivity contribution in [2.75, 3.05) is 0 Å². The third-order valence-electron chi connectivity index (χ3n) is 20.3. The van der Waals surface area contributed by atoms with E-state index in [1.54, 1.807) is 146 Å². The molecule has 8 aromatic carbocycles. The maximum atomic E-state index is 7.31. The summed E-state index contributed by atoms with van der Waals surface area (Å²) in [6.07, 6.45) is 0. The average Bonchev–Trinajstić information content (AvgIpc) is 1.60. The quantitative estimate of drug-likeness (QED) is 0.147. The molecular formula is C88H26Cl34N8Ru. The van der Waals surface area contributed by atoms with Gasteiger partial charge in [0.1, 0.15) is 0 Å². The maximum absolute atomic E-state index is 7.31. The molecule has 0 saturated carbocycles. The molecule has 16 bridgehead atoms. The Morgan fingerprint density at radius 1 is 0.168 bits per heavy atom. The molecule has 4 aliphatic heterocycles. The predicted octanol–water partition coefficient (Wildman–Crippen LogP) is 43.5. The van der Waals surface area contributed by atoms with E-state index in [0.29, 0.717) is 0 Å². The number of rotatable bonds is 8. The topological polar surface area (TPSA) is 111 Å². The molecule has 0 saturated heterocycles. The second-order valence-corrected chi connectivity index (χ2v) is 42.7. The van der Waals surface area contributed by atoms with Crippen molar-refractivity contribution < 1.29 is 15.1 Å². The van der Waals surface area contributed by atoms with E-state index in [4.69, 9.17) is 421 Å².